The Morgan fingerprint density at radius 3 is 2.23 bits per heavy atom. The highest BCUT2D eigenvalue weighted by Crippen LogP contribution is 2.48. The lowest BCUT2D eigenvalue weighted by atomic mass is 10.1. The van der Waals surface area contributed by atoms with Crippen molar-refractivity contribution in [3.05, 3.63) is 35.9 Å². The van der Waals surface area contributed by atoms with Gasteiger partial charge in [0, 0.05) is 45.1 Å². The van der Waals surface area contributed by atoms with Crippen LogP contribution in [0.15, 0.2) is 30.3 Å². The Bertz CT molecular complexity index is 634. The summed E-state index contributed by atoms with van der Waals surface area (Å²) in [6, 6.07) is 10.3. The third kappa shape index (κ3) is 3.93. The van der Waals surface area contributed by atoms with Gasteiger partial charge in [-0.2, -0.15) is 0 Å². The van der Waals surface area contributed by atoms with E-state index in [4.69, 9.17) is 0 Å². The standard InChI is InChI=1S/C21H29N3O2/c25-20(8-11-22-9-4-5-10-22)23-12-14-24(15-13-23)21(26)19-16-18(19)17-6-2-1-3-7-17/h1-3,6-7,18-19H,4-5,8-16H2. The molecule has 0 radical (unpaired) electrons. The molecule has 2 unspecified atom stereocenters. The molecule has 140 valence electrons. The molecule has 0 aromatic heterocycles. The smallest absolute Gasteiger partial charge is 0.226 e. The van der Waals surface area contributed by atoms with Gasteiger partial charge < -0.3 is 14.7 Å². The highest BCUT2D eigenvalue weighted by Gasteiger charge is 2.46. The fourth-order valence-electron chi connectivity index (χ4n) is 4.37. The predicted molar refractivity (Wildman–Crippen MR) is 101 cm³/mol. The Labute approximate surface area is 155 Å². The molecule has 0 N–H and O–H groups in total. The molecule has 1 saturated carbocycles. The summed E-state index contributed by atoms with van der Waals surface area (Å²) >= 11 is 0. The molecule has 1 aromatic carbocycles. The lowest BCUT2D eigenvalue weighted by molar-refractivity contribution is -0.140. The number of carbonyl (C=O) groups is 2. The average Bonchev–Trinajstić information content (AvgIpc) is 3.33. The van der Waals surface area contributed by atoms with Crippen LogP contribution in [0.3, 0.4) is 0 Å². The lowest BCUT2D eigenvalue weighted by Gasteiger charge is -2.35. The monoisotopic (exact) mass is 355 g/mol. The van der Waals surface area contributed by atoms with Gasteiger partial charge in [-0.3, -0.25) is 9.59 Å². The second-order valence-corrected chi connectivity index (χ2v) is 7.86. The lowest BCUT2D eigenvalue weighted by Crippen LogP contribution is -2.51. The topological polar surface area (TPSA) is 43.9 Å². The zero-order chi connectivity index (χ0) is 17.9. The molecule has 1 aliphatic carbocycles. The van der Waals surface area contributed by atoms with E-state index in [0.29, 0.717) is 38.5 Å². The second kappa shape index (κ2) is 7.78. The van der Waals surface area contributed by atoms with Crippen molar-refractivity contribution in [2.75, 3.05) is 45.8 Å². The molecule has 5 nitrogen and oxygen atoms in total. The van der Waals surface area contributed by atoms with Gasteiger partial charge in [0.2, 0.25) is 11.8 Å². The van der Waals surface area contributed by atoms with E-state index in [1.54, 1.807) is 0 Å². The summed E-state index contributed by atoms with van der Waals surface area (Å²) in [6.45, 7) is 5.91. The molecule has 1 aromatic rings. The van der Waals surface area contributed by atoms with E-state index < -0.39 is 0 Å². The van der Waals surface area contributed by atoms with Gasteiger partial charge in [0.1, 0.15) is 0 Å². The number of hydrogen-bond acceptors (Lipinski definition) is 3. The predicted octanol–water partition coefficient (Wildman–Crippen LogP) is 1.95. The van der Waals surface area contributed by atoms with Gasteiger partial charge >= 0.3 is 0 Å². The quantitative estimate of drug-likeness (QED) is 0.811. The summed E-state index contributed by atoms with van der Waals surface area (Å²) in [7, 11) is 0. The third-order valence-electron chi connectivity index (χ3n) is 6.12. The molecule has 4 rings (SSSR count). The number of hydrogen-bond donors (Lipinski definition) is 0. The number of amides is 2. The van der Waals surface area contributed by atoms with Crippen molar-refractivity contribution in [1.82, 2.24) is 14.7 Å². The molecule has 26 heavy (non-hydrogen) atoms. The van der Waals surface area contributed by atoms with Crippen LogP contribution in [-0.2, 0) is 9.59 Å². The zero-order valence-corrected chi connectivity index (χ0v) is 15.5. The number of carbonyl (C=O) groups excluding carboxylic acids is 2. The normalized spacial score (nSPS) is 26.2. The van der Waals surface area contributed by atoms with Crippen LogP contribution >= 0.6 is 0 Å². The van der Waals surface area contributed by atoms with Gasteiger partial charge in [-0.05, 0) is 43.8 Å². The maximum atomic E-state index is 12.7. The summed E-state index contributed by atoms with van der Waals surface area (Å²) in [5.74, 6) is 1.07. The summed E-state index contributed by atoms with van der Waals surface area (Å²) in [5, 5.41) is 0. The zero-order valence-electron chi connectivity index (χ0n) is 15.5. The molecule has 0 spiro atoms. The minimum Gasteiger partial charge on any atom is -0.339 e. The maximum Gasteiger partial charge on any atom is 0.226 e. The fourth-order valence-corrected chi connectivity index (χ4v) is 4.37. The number of nitrogens with zero attached hydrogens (tertiary/aromatic N) is 3. The summed E-state index contributed by atoms with van der Waals surface area (Å²) in [5.41, 5.74) is 1.28. The van der Waals surface area contributed by atoms with Crippen molar-refractivity contribution in [3.63, 3.8) is 0 Å². The van der Waals surface area contributed by atoms with Crippen LogP contribution in [0, 0.1) is 5.92 Å². The van der Waals surface area contributed by atoms with Crippen molar-refractivity contribution in [1.29, 1.82) is 0 Å². The van der Waals surface area contributed by atoms with Gasteiger partial charge in [0.25, 0.3) is 0 Å². The third-order valence-corrected chi connectivity index (χ3v) is 6.12. The second-order valence-electron chi connectivity index (χ2n) is 7.86. The van der Waals surface area contributed by atoms with Gasteiger partial charge in [-0.1, -0.05) is 30.3 Å². The molecule has 2 amide bonds. The van der Waals surface area contributed by atoms with Crippen LogP contribution in [0.2, 0.25) is 0 Å². The van der Waals surface area contributed by atoms with Gasteiger partial charge in [-0.15, -0.1) is 0 Å². The Morgan fingerprint density at radius 1 is 0.885 bits per heavy atom. The van der Waals surface area contributed by atoms with E-state index in [1.807, 2.05) is 28.0 Å². The van der Waals surface area contributed by atoms with Crippen LogP contribution < -0.4 is 0 Å². The van der Waals surface area contributed by atoms with E-state index in [1.165, 1.54) is 18.4 Å². The molecule has 2 aliphatic heterocycles. The van der Waals surface area contributed by atoms with Crippen LogP contribution in [0.4, 0.5) is 0 Å². The number of piperazine rings is 1. The van der Waals surface area contributed by atoms with Crippen molar-refractivity contribution in [2.24, 2.45) is 5.92 Å². The summed E-state index contributed by atoms with van der Waals surface area (Å²) in [4.78, 5) is 31.4. The van der Waals surface area contributed by atoms with Crippen molar-refractivity contribution in [3.8, 4) is 0 Å². The molecule has 0 bridgehead atoms. The van der Waals surface area contributed by atoms with Crippen LogP contribution in [0.1, 0.15) is 37.2 Å². The number of rotatable bonds is 5. The molecule has 2 saturated heterocycles. The first-order valence-corrected chi connectivity index (χ1v) is 10.1. The fraction of sp³-hybridized carbons (Fsp3) is 0.619. The minimum absolute atomic E-state index is 0.148. The van der Waals surface area contributed by atoms with Gasteiger partial charge in [-0.25, -0.2) is 0 Å². The molecular weight excluding hydrogens is 326 g/mol. The molecular formula is C21H29N3O2. The Morgan fingerprint density at radius 2 is 1.54 bits per heavy atom. The Kier molecular flexibility index (Phi) is 5.25. The van der Waals surface area contributed by atoms with Gasteiger partial charge in [0.15, 0.2) is 0 Å². The maximum absolute atomic E-state index is 12.7. The van der Waals surface area contributed by atoms with Crippen LogP contribution in [-0.4, -0.2) is 72.3 Å². The van der Waals surface area contributed by atoms with Gasteiger partial charge in [0.05, 0.1) is 0 Å². The number of benzene rings is 1. The molecule has 2 atom stereocenters. The average molecular weight is 355 g/mol. The van der Waals surface area contributed by atoms with Crippen LogP contribution in [0.25, 0.3) is 0 Å². The molecule has 3 aliphatic rings. The first kappa shape index (κ1) is 17.5. The first-order valence-electron chi connectivity index (χ1n) is 10.1. The number of likely N-dealkylation sites (tertiary alicyclic amines) is 1. The van der Waals surface area contributed by atoms with E-state index in [9.17, 15) is 9.59 Å². The van der Waals surface area contributed by atoms with E-state index >= 15 is 0 Å². The molecule has 5 heteroatoms. The van der Waals surface area contributed by atoms with E-state index in [2.05, 4.69) is 17.0 Å². The highest BCUT2D eigenvalue weighted by molar-refractivity contribution is 5.83. The summed E-state index contributed by atoms with van der Waals surface area (Å²) < 4.78 is 0. The highest BCUT2D eigenvalue weighted by atomic mass is 16.2. The Hall–Kier alpha value is -1.88. The molecule has 3 fully saturated rings. The van der Waals surface area contributed by atoms with E-state index in [0.717, 1.165) is 26.1 Å². The van der Waals surface area contributed by atoms with Crippen molar-refractivity contribution < 1.29 is 9.59 Å². The molecule has 2 heterocycles. The Balaban J connectivity index is 1.21. The van der Waals surface area contributed by atoms with E-state index in [-0.39, 0.29) is 17.7 Å². The minimum atomic E-state index is 0.148. The first-order chi connectivity index (χ1) is 12.7. The van der Waals surface area contributed by atoms with Crippen molar-refractivity contribution >= 4 is 11.8 Å². The SMILES string of the molecule is O=C(CCN1CCCC1)N1CCN(C(=O)C2CC2c2ccccc2)CC1. The summed E-state index contributed by atoms with van der Waals surface area (Å²) in [6.07, 6.45) is 4.12. The van der Waals surface area contributed by atoms with Crippen molar-refractivity contribution in [2.45, 2.75) is 31.6 Å². The largest absolute Gasteiger partial charge is 0.339 e. The van der Waals surface area contributed by atoms with Crippen LogP contribution in [0.5, 0.6) is 0 Å².